The van der Waals surface area contributed by atoms with E-state index >= 15 is 0 Å². The summed E-state index contributed by atoms with van der Waals surface area (Å²) in [6.07, 6.45) is 0.658. The average molecular weight is 406 g/mol. The zero-order valence-electron chi connectivity index (χ0n) is 17.3. The number of carbonyl (C=O) groups is 1. The minimum Gasteiger partial charge on any atom is -0.299 e. The van der Waals surface area contributed by atoms with Crippen molar-refractivity contribution in [1.29, 1.82) is 0 Å². The quantitative estimate of drug-likeness (QED) is 0.484. The summed E-state index contributed by atoms with van der Waals surface area (Å²) in [6, 6.07) is 27.7. The molecule has 31 heavy (non-hydrogen) atoms. The second-order valence-electron chi connectivity index (χ2n) is 7.72. The fourth-order valence-corrected chi connectivity index (χ4v) is 4.12. The summed E-state index contributed by atoms with van der Waals surface area (Å²) in [6.45, 7) is 1.93. The molecule has 1 aliphatic heterocycles. The van der Waals surface area contributed by atoms with Crippen LogP contribution >= 0.6 is 0 Å². The van der Waals surface area contributed by atoms with Crippen molar-refractivity contribution >= 4 is 11.5 Å². The Labute approximate surface area is 181 Å². The zero-order chi connectivity index (χ0) is 21.2. The maximum atomic E-state index is 13.0. The third kappa shape index (κ3) is 3.70. The van der Waals surface area contributed by atoms with Crippen LogP contribution in [0.3, 0.4) is 0 Å². The van der Waals surface area contributed by atoms with Crippen LogP contribution in [0.2, 0.25) is 0 Å². The Hall–Kier alpha value is -3.86. The first-order chi connectivity index (χ1) is 15.2. The molecule has 2 heterocycles. The lowest BCUT2D eigenvalue weighted by atomic mass is 10.00. The monoisotopic (exact) mass is 406 g/mol. The molecule has 3 aromatic carbocycles. The molecule has 0 radical (unpaired) electrons. The number of para-hydroxylation sites is 1. The fraction of sp³-hybridized carbons (Fsp3) is 0.154. The van der Waals surface area contributed by atoms with Gasteiger partial charge in [-0.25, -0.2) is 0 Å². The number of benzene rings is 3. The van der Waals surface area contributed by atoms with Gasteiger partial charge in [0.1, 0.15) is 17.6 Å². The van der Waals surface area contributed by atoms with Crippen LogP contribution in [0.15, 0.2) is 89.9 Å². The first-order valence-electron chi connectivity index (χ1n) is 10.4. The van der Waals surface area contributed by atoms with Crippen molar-refractivity contribution in [3.05, 3.63) is 113 Å². The van der Waals surface area contributed by atoms with Gasteiger partial charge in [0.25, 0.3) is 0 Å². The molecule has 0 fully saturated rings. The van der Waals surface area contributed by atoms with Crippen LogP contribution in [0.5, 0.6) is 0 Å². The van der Waals surface area contributed by atoms with Gasteiger partial charge in [-0.05, 0) is 18.6 Å². The lowest BCUT2D eigenvalue weighted by molar-refractivity contribution is -0.118. The highest BCUT2D eigenvalue weighted by molar-refractivity contribution is 6.15. The van der Waals surface area contributed by atoms with E-state index in [-0.39, 0.29) is 12.2 Å². The Morgan fingerprint density at radius 2 is 1.55 bits per heavy atom. The molecule has 1 atom stereocenters. The van der Waals surface area contributed by atoms with Gasteiger partial charge < -0.3 is 0 Å². The van der Waals surface area contributed by atoms with Crippen LogP contribution < -0.4 is 0 Å². The number of aliphatic imine (C=N–C) groups is 1. The van der Waals surface area contributed by atoms with Gasteiger partial charge in [-0.15, -0.1) is 10.2 Å². The summed E-state index contributed by atoms with van der Waals surface area (Å²) in [5, 5.41) is 8.75. The number of aryl methyl sites for hydroxylation is 1. The van der Waals surface area contributed by atoms with Crippen molar-refractivity contribution in [2.45, 2.75) is 25.8 Å². The van der Waals surface area contributed by atoms with E-state index in [0.29, 0.717) is 12.2 Å². The molecule has 0 saturated carbocycles. The SMILES string of the molecule is Cc1nnc2n1-c1ccccc1C(c1ccccc1)=NC2CC(=O)Cc1ccccc1. The van der Waals surface area contributed by atoms with Gasteiger partial charge in [-0.1, -0.05) is 78.9 Å². The molecule has 0 bridgehead atoms. The van der Waals surface area contributed by atoms with E-state index in [1.54, 1.807) is 0 Å². The molecular weight excluding hydrogens is 384 g/mol. The topological polar surface area (TPSA) is 60.1 Å². The van der Waals surface area contributed by atoms with Crippen molar-refractivity contribution in [2.75, 3.05) is 0 Å². The molecule has 1 aliphatic rings. The molecule has 0 N–H and O–H groups in total. The standard InChI is InChI=1S/C26H22N4O/c1-18-28-29-26-23(17-21(31)16-19-10-4-2-5-11-19)27-25(20-12-6-3-7-13-20)22-14-8-9-15-24(22)30(18)26/h2-15,23H,16-17H2,1H3. The summed E-state index contributed by atoms with van der Waals surface area (Å²) in [7, 11) is 0. The smallest absolute Gasteiger partial charge is 0.162 e. The normalized spacial score (nSPS) is 14.9. The van der Waals surface area contributed by atoms with Crippen molar-refractivity contribution in [3.63, 3.8) is 0 Å². The van der Waals surface area contributed by atoms with Crippen LogP contribution in [0, 0.1) is 6.92 Å². The van der Waals surface area contributed by atoms with Crippen molar-refractivity contribution < 1.29 is 4.79 Å². The molecule has 0 amide bonds. The Morgan fingerprint density at radius 3 is 2.32 bits per heavy atom. The van der Waals surface area contributed by atoms with Crippen molar-refractivity contribution in [1.82, 2.24) is 14.8 Å². The predicted molar refractivity (Wildman–Crippen MR) is 121 cm³/mol. The highest BCUT2D eigenvalue weighted by Gasteiger charge is 2.29. The second-order valence-corrected chi connectivity index (χ2v) is 7.72. The lowest BCUT2D eigenvalue weighted by Crippen LogP contribution is -2.12. The van der Waals surface area contributed by atoms with Gasteiger partial charge in [-0.2, -0.15) is 0 Å². The lowest BCUT2D eigenvalue weighted by Gasteiger charge is -2.12. The number of rotatable bonds is 5. The molecule has 4 aromatic rings. The van der Waals surface area contributed by atoms with Crippen molar-refractivity contribution in [2.24, 2.45) is 4.99 Å². The summed E-state index contributed by atoms with van der Waals surface area (Å²) in [5.74, 6) is 1.62. The highest BCUT2D eigenvalue weighted by atomic mass is 16.1. The van der Waals surface area contributed by atoms with Crippen LogP contribution in [-0.2, 0) is 11.2 Å². The summed E-state index contributed by atoms with van der Waals surface area (Å²) >= 11 is 0. The van der Waals surface area contributed by atoms with E-state index in [9.17, 15) is 4.79 Å². The molecule has 0 aliphatic carbocycles. The van der Waals surface area contributed by atoms with E-state index in [0.717, 1.165) is 33.9 Å². The first-order valence-corrected chi connectivity index (χ1v) is 10.4. The number of hydrogen-bond acceptors (Lipinski definition) is 4. The van der Waals surface area contributed by atoms with Crippen LogP contribution in [0.1, 0.15) is 40.8 Å². The number of nitrogens with zero attached hydrogens (tertiary/aromatic N) is 4. The molecule has 5 nitrogen and oxygen atoms in total. The largest absolute Gasteiger partial charge is 0.299 e. The highest BCUT2D eigenvalue weighted by Crippen LogP contribution is 2.32. The molecule has 5 heteroatoms. The number of ketones is 1. The molecular formula is C26H22N4O. The van der Waals surface area contributed by atoms with E-state index < -0.39 is 6.04 Å². The van der Waals surface area contributed by atoms with E-state index in [1.807, 2.05) is 72.2 Å². The Morgan fingerprint density at radius 1 is 0.871 bits per heavy atom. The summed E-state index contributed by atoms with van der Waals surface area (Å²) < 4.78 is 2.04. The van der Waals surface area contributed by atoms with Gasteiger partial charge in [0.05, 0.1) is 11.4 Å². The summed E-state index contributed by atoms with van der Waals surface area (Å²) in [5.41, 5.74) is 4.90. The fourth-order valence-electron chi connectivity index (χ4n) is 4.12. The molecule has 1 aromatic heterocycles. The Kier molecular flexibility index (Phi) is 5.00. The third-order valence-electron chi connectivity index (χ3n) is 5.55. The number of carbonyl (C=O) groups excluding carboxylic acids is 1. The predicted octanol–water partition coefficient (Wildman–Crippen LogP) is 4.67. The van der Waals surface area contributed by atoms with Gasteiger partial charge >= 0.3 is 0 Å². The zero-order valence-corrected chi connectivity index (χ0v) is 17.3. The minimum absolute atomic E-state index is 0.130. The minimum atomic E-state index is -0.403. The van der Waals surface area contributed by atoms with Crippen LogP contribution in [0.4, 0.5) is 0 Å². The number of hydrogen-bond donors (Lipinski definition) is 0. The molecule has 1 unspecified atom stereocenters. The Bertz CT molecular complexity index is 1260. The van der Waals surface area contributed by atoms with E-state index in [2.05, 4.69) is 34.5 Å². The summed E-state index contributed by atoms with van der Waals surface area (Å²) in [4.78, 5) is 18.1. The molecule has 0 spiro atoms. The van der Waals surface area contributed by atoms with Crippen LogP contribution in [0.25, 0.3) is 5.69 Å². The molecule has 152 valence electrons. The third-order valence-corrected chi connectivity index (χ3v) is 5.55. The maximum Gasteiger partial charge on any atom is 0.162 e. The molecule has 5 rings (SSSR count). The van der Waals surface area contributed by atoms with E-state index in [4.69, 9.17) is 4.99 Å². The second kappa shape index (κ2) is 8.11. The van der Waals surface area contributed by atoms with Gasteiger partial charge in [0, 0.05) is 24.0 Å². The van der Waals surface area contributed by atoms with Crippen LogP contribution in [-0.4, -0.2) is 26.3 Å². The van der Waals surface area contributed by atoms with Gasteiger partial charge in [0.15, 0.2) is 5.82 Å². The molecule has 0 saturated heterocycles. The number of Topliss-reactive ketones (excluding diaryl/α,β-unsaturated/α-hetero) is 1. The van der Waals surface area contributed by atoms with E-state index in [1.165, 1.54) is 0 Å². The van der Waals surface area contributed by atoms with Crippen molar-refractivity contribution in [3.8, 4) is 5.69 Å². The number of aromatic nitrogens is 3. The average Bonchev–Trinajstić information content (AvgIpc) is 3.12. The number of fused-ring (bicyclic) bond motifs is 3. The Balaban J connectivity index is 1.60. The van der Waals surface area contributed by atoms with Gasteiger partial charge in [0.2, 0.25) is 0 Å². The van der Waals surface area contributed by atoms with Gasteiger partial charge in [-0.3, -0.25) is 14.4 Å². The maximum absolute atomic E-state index is 13.0. The first kappa shape index (κ1) is 19.1.